The first kappa shape index (κ1) is 17.0. The summed E-state index contributed by atoms with van der Waals surface area (Å²) in [4.78, 5) is 30.1. The molecule has 3 rings (SSSR count). The van der Waals surface area contributed by atoms with Crippen molar-refractivity contribution in [2.45, 2.75) is 13.0 Å². The third-order valence-corrected chi connectivity index (χ3v) is 4.71. The number of nitrogens with zero attached hydrogens (tertiary/aromatic N) is 2. The Bertz CT molecular complexity index is 860. The predicted molar refractivity (Wildman–Crippen MR) is 92.2 cm³/mol. The van der Waals surface area contributed by atoms with Gasteiger partial charge in [0.2, 0.25) is 0 Å². The summed E-state index contributed by atoms with van der Waals surface area (Å²) in [6.45, 7) is 1.32. The number of hydrogen-bond acceptors (Lipinski definition) is 7. The number of hydrogen-bond donors (Lipinski definition) is 1. The molecule has 25 heavy (non-hydrogen) atoms. The van der Waals surface area contributed by atoms with Crippen LogP contribution in [0.1, 0.15) is 18.5 Å². The van der Waals surface area contributed by atoms with Crippen molar-refractivity contribution in [3.8, 4) is 11.5 Å². The molecule has 0 bridgehead atoms. The molecule has 1 N–H and O–H groups in total. The number of ether oxygens (including phenoxy) is 2. The van der Waals surface area contributed by atoms with Gasteiger partial charge in [-0.25, -0.2) is 4.98 Å². The number of anilines is 1. The molecular formula is C17H16N2O5S. The number of benzene rings is 1. The van der Waals surface area contributed by atoms with Crippen molar-refractivity contribution < 1.29 is 24.2 Å². The smallest absolute Gasteiger partial charge is 0.296 e. The molecule has 0 saturated heterocycles. The molecule has 0 spiro atoms. The van der Waals surface area contributed by atoms with Crippen LogP contribution in [0.4, 0.5) is 5.13 Å². The van der Waals surface area contributed by atoms with Crippen molar-refractivity contribution >= 4 is 28.2 Å². The Labute approximate surface area is 148 Å². The van der Waals surface area contributed by atoms with E-state index >= 15 is 0 Å². The first-order valence-electron chi connectivity index (χ1n) is 7.38. The Hall–Kier alpha value is -2.87. The fourth-order valence-electron chi connectivity index (χ4n) is 2.84. The van der Waals surface area contributed by atoms with Crippen LogP contribution >= 0.6 is 11.3 Å². The monoisotopic (exact) mass is 360 g/mol. The van der Waals surface area contributed by atoms with E-state index in [1.807, 2.05) is 0 Å². The lowest BCUT2D eigenvalue weighted by Crippen LogP contribution is -2.30. The molecule has 130 valence electrons. The largest absolute Gasteiger partial charge is 0.503 e. The Balaban J connectivity index is 2.18. The van der Waals surface area contributed by atoms with Gasteiger partial charge in [-0.3, -0.25) is 14.5 Å². The van der Waals surface area contributed by atoms with Crippen molar-refractivity contribution in [3.05, 3.63) is 46.7 Å². The molecule has 2 aromatic rings. The molecule has 2 heterocycles. The van der Waals surface area contributed by atoms with E-state index < -0.39 is 17.7 Å². The zero-order chi connectivity index (χ0) is 18.1. The molecule has 1 aromatic heterocycles. The second-order valence-electron chi connectivity index (χ2n) is 5.33. The number of rotatable bonds is 5. The molecule has 0 fully saturated rings. The minimum absolute atomic E-state index is 0.0346. The highest BCUT2D eigenvalue weighted by atomic mass is 32.1. The van der Waals surface area contributed by atoms with Crippen molar-refractivity contribution in [1.29, 1.82) is 0 Å². The van der Waals surface area contributed by atoms with Gasteiger partial charge in [0, 0.05) is 11.6 Å². The Morgan fingerprint density at radius 2 is 2.00 bits per heavy atom. The van der Waals surface area contributed by atoms with E-state index in [1.54, 1.807) is 29.8 Å². The summed E-state index contributed by atoms with van der Waals surface area (Å²) in [7, 11) is 3.02. The summed E-state index contributed by atoms with van der Waals surface area (Å²) in [5, 5.41) is 12.4. The second-order valence-corrected chi connectivity index (χ2v) is 6.20. The maximum absolute atomic E-state index is 12.6. The molecule has 1 atom stereocenters. The summed E-state index contributed by atoms with van der Waals surface area (Å²) >= 11 is 1.24. The lowest BCUT2D eigenvalue weighted by Gasteiger charge is -2.24. The van der Waals surface area contributed by atoms with Gasteiger partial charge in [0.1, 0.15) is 0 Å². The summed E-state index contributed by atoms with van der Waals surface area (Å²) in [6.07, 6.45) is 1.56. The minimum atomic E-state index is -0.782. The van der Waals surface area contributed by atoms with Crippen LogP contribution in [-0.2, 0) is 9.59 Å². The SMILES string of the molecule is COc1ccc([C@@H]2C(C(C)=O)=C(O)C(=O)N2c2nccs2)cc1OC. The highest BCUT2D eigenvalue weighted by Gasteiger charge is 2.44. The Morgan fingerprint density at radius 3 is 2.56 bits per heavy atom. The molecule has 0 radical (unpaired) electrons. The quantitative estimate of drug-likeness (QED) is 0.882. The number of thiazole rings is 1. The van der Waals surface area contributed by atoms with Crippen molar-refractivity contribution in [2.24, 2.45) is 0 Å². The van der Waals surface area contributed by atoms with Gasteiger partial charge in [-0.2, -0.15) is 0 Å². The van der Waals surface area contributed by atoms with Gasteiger partial charge in [0.25, 0.3) is 5.91 Å². The number of methoxy groups -OCH3 is 2. The fourth-order valence-corrected chi connectivity index (χ4v) is 3.50. The number of carbonyl (C=O) groups is 2. The zero-order valence-corrected chi connectivity index (χ0v) is 14.7. The topological polar surface area (TPSA) is 89.0 Å². The third kappa shape index (κ3) is 2.74. The van der Waals surface area contributed by atoms with Crippen LogP contribution in [-0.4, -0.2) is 36.0 Å². The molecule has 0 unspecified atom stereocenters. The van der Waals surface area contributed by atoms with Gasteiger partial charge >= 0.3 is 0 Å². The Morgan fingerprint density at radius 1 is 1.28 bits per heavy atom. The van der Waals surface area contributed by atoms with Crippen LogP contribution < -0.4 is 14.4 Å². The molecule has 7 nitrogen and oxygen atoms in total. The van der Waals surface area contributed by atoms with Gasteiger partial charge in [0.15, 0.2) is 28.2 Å². The van der Waals surface area contributed by atoms with Crippen LogP contribution in [0.2, 0.25) is 0 Å². The summed E-state index contributed by atoms with van der Waals surface area (Å²) in [6, 6.07) is 4.31. The van der Waals surface area contributed by atoms with Gasteiger partial charge in [-0.05, 0) is 24.6 Å². The van der Waals surface area contributed by atoms with Crippen molar-refractivity contribution in [1.82, 2.24) is 4.98 Å². The molecule has 1 aromatic carbocycles. The van der Waals surface area contributed by atoms with Gasteiger partial charge in [-0.15, -0.1) is 11.3 Å². The highest BCUT2D eigenvalue weighted by molar-refractivity contribution is 7.13. The number of aromatic nitrogens is 1. The standard InChI is InChI=1S/C17H16N2O5S/c1-9(20)13-14(10-4-5-11(23-2)12(8-10)24-3)19(16(22)15(13)21)17-18-6-7-25-17/h4-8,14,21H,1-3H3/t14-/m1/s1. The lowest BCUT2D eigenvalue weighted by atomic mass is 9.96. The van der Waals surface area contributed by atoms with E-state index in [-0.39, 0.29) is 11.4 Å². The van der Waals surface area contributed by atoms with E-state index in [4.69, 9.17) is 9.47 Å². The number of ketones is 1. The lowest BCUT2D eigenvalue weighted by molar-refractivity contribution is -0.117. The maximum Gasteiger partial charge on any atom is 0.296 e. The van der Waals surface area contributed by atoms with Crippen LogP contribution in [0.5, 0.6) is 11.5 Å². The number of aliphatic hydroxyl groups excluding tert-OH is 1. The van der Waals surface area contributed by atoms with E-state index in [0.29, 0.717) is 22.2 Å². The van der Waals surface area contributed by atoms with Gasteiger partial charge in [0.05, 0.1) is 25.8 Å². The average molecular weight is 360 g/mol. The second kappa shape index (κ2) is 6.56. The predicted octanol–water partition coefficient (Wildman–Crippen LogP) is 2.65. The zero-order valence-electron chi connectivity index (χ0n) is 13.8. The summed E-state index contributed by atoms with van der Waals surface area (Å²) < 4.78 is 10.5. The van der Waals surface area contributed by atoms with E-state index in [0.717, 1.165) is 0 Å². The van der Waals surface area contributed by atoms with Crippen LogP contribution in [0, 0.1) is 0 Å². The normalized spacial score (nSPS) is 17.2. The van der Waals surface area contributed by atoms with Crippen LogP contribution in [0.25, 0.3) is 0 Å². The van der Waals surface area contributed by atoms with Gasteiger partial charge < -0.3 is 14.6 Å². The summed E-state index contributed by atoms with van der Waals surface area (Å²) in [5.41, 5.74) is 0.642. The molecule has 1 aliphatic rings. The van der Waals surface area contributed by atoms with Crippen LogP contribution in [0.15, 0.2) is 41.1 Å². The van der Waals surface area contributed by atoms with E-state index in [1.165, 1.54) is 37.4 Å². The summed E-state index contributed by atoms with van der Waals surface area (Å²) in [5.74, 6) is -0.609. The molecule has 1 amide bonds. The number of aliphatic hydroxyl groups is 1. The molecule has 1 aliphatic heterocycles. The van der Waals surface area contributed by atoms with Crippen molar-refractivity contribution in [2.75, 3.05) is 19.1 Å². The van der Waals surface area contributed by atoms with Crippen molar-refractivity contribution in [3.63, 3.8) is 0 Å². The highest BCUT2D eigenvalue weighted by Crippen LogP contribution is 2.43. The third-order valence-electron chi connectivity index (χ3n) is 3.94. The molecule has 0 saturated carbocycles. The number of Topliss-reactive ketones (excluding diaryl/α,β-unsaturated/α-hetero) is 1. The fraction of sp³-hybridized carbons (Fsp3) is 0.235. The van der Waals surface area contributed by atoms with Crippen LogP contribution in [0.3, 0.4) is 0 Å². The molecule has 0 aliphatic carbocycles. The first-order chi connectivity index (χ1) is 12.0. The Kier molecular flexibility index (Phi) is 4.45. The molecular weight excluding hydrogens is 344 g/mol. The molecule has 8 heteroatoms. The average Bonchev–Trinajstić information content (AvgIpc) is 3.21. The number of amides is 1. The van der Waals surface area contributed by atoms with Gasteiger partial charge in [-0.1, -0.05) is 6.07 Å². The minimum Gasteiger partial charge on any atom is -0.503 e. The number of carbonyl (C=O) groups excluding carboxylic acids is 2. The first-order valence-corrected chi connectivity index (χ1v) is 8.26. The maximum atomic E-state index is 12.6. The van der Waals surface area contributed by atoms with E-state index in [2.05, 4.69) is 4.98 Å². The van der Waals surface area contributed by atoms with E-state index in [9.17, 15) is 14.7 Å².